The van der Waals surface area contributed by atoms with E-state index >= 15 is 0 Å². The third-order valence-electron chi connectivity index (χ3n) is 4.19. The zero-order chi connectivity index (χ0) is 14.1. The van der Waals surface area contributed by atoms with Crippen molar-refractivity contribution in [3.05, 3.63) is 35.8 Å². The first kappa shape index (κ1) is 13.2. The van der Waals surface area contributed by atoms with E-state index in [-0.39, 0.29) is 5.91 Å². The monoisotopic (exact) mass is 271 g/mol. The molecule has 0 saturated carbocycles. The van der Waals surface area contributed by atoms with Crippen molar-refractivity contribution in [2.24, 2.45) is 0 Å². The number of nitrogens with zero attached hydrogens (tertiary/aromatic N) is 3. The molecule has 1 unspecified atom stereocenters. The van der Waals surface area contributed by atoms with E-state index in [4.69, 9.17) is 0 Å². The molecule has 0 radical (unpaired) electrons. The van der Waals surface area contributed by atoms with Crippen LogP contribution in [0, 0.1) is 6.92 Å². The summed E-state index contributed by atoms with van der Waals surface area (Å²) >= 11 is 0. The van der Waals surface area contributed by atoms with Gasteiger partial charge in [0.15, 0.2) is 0 Å². The number of imidazole rings is 1. The molecular weight excluding hydrogens is 250 g/mol. The van der Waals surface area contributed by atoms with Crippen LogP contribution in [0.25, 0.3) is 5.65 Å². The zero-order valence-electron chi connectivity index (χ0n) is 12.2. The van der Waals surface area contributed by atoms with E-state index in [1.54, 1.807) is 0 Å². The van der Waals surface area contributed by atoms with Gasteiger partial charge in [-0.2, -0.15) is 0 Å². The number of hydrogen-bond donors (Lipinski definition) is 0. The number of fused-ring (bicyclic) bond motifs is 1. The lowest BCUT2D eigenvalue weighted by Crippen LogP contribution is -2.43. The summed E-state index contributed by atoms with van der Waals surface area (Å²) in [6, 6.07) is 4.20. The van der Waals surface area contributed by atoms with Crippen LogP contribution in [0.1, 0.15) is 48.7 Å². The number of carbonyl (C=O) groups is 1. The molecule has 1 saturated heterocycles. The maximum Gasteiger partial charge on any atom is 0.254 e. The molecule has 4 heteroatoms. The molecule has 0 bridgehead atoms. The second-order valence-corrected chi connectivity index (χ2v) is 5.62. The average molecular weight is 271 g/mol. The third-order valence-corrected chi connectivity index (χ3v) is 4.19. The Morgan fingerprint density at radius 1 is 1.45 bits per heavy atom. The minimum atomic E-state index is 0.153. The summed E-state index contributed by atoms with van der Waals surface area (Å²) in [5, 5.41) is 0. The maximum atomic E-state index is 12.7. The average Bonchev–Trinajstić information content (AvgIpc) is 2.85. The number of likely N-dealkylation sites (tertiary alicyclic amines) is 1. The molecule has 3 heterocycles. The second-order valence-electron chi connectivity index (χ2n) is 5.62. The number of carbonyl (C=O) groups excluding carboxylic acids is 1. The normalized spacial score (nSPS) is 19.5. The van der Waals surface area contributed by atoms with Crippen molar-refractivity contribution in [2.45, 2.75) is 45.6 Å². The van der Waals surface area contributed by atoms with E-state index in [2.05, 4.69) is 11.9 Å². The summed E-state index contributed by atoms with van der Waals surface area (Å²) in [5.41, 5.74) is 2.57. The van der Waals surface area contributed by atoms with Crippen molar-refractivity contribution < 1.29 is 4.79 Å². The molecule has 2 aromatic heterocycles. The van der Waals surface area contributed by atoms with Crippen LogP contribution in [0.3, 0.4) is 0 Å². The molecule has 20 heavy (non-hydrogen) atoms. The number of rotatable bonds is 2. The Morgan fingerprint density at radius 2 is 2.30 bits per heavy atom. The van der Waals surface area contributed by atoms with Gasteiger partial charge < -0.3 is 9.30 Å². The minimum absolute atomic E-state index is 0.153. The summed E-state index contributed by atoms with van der Waals surface area (Å²) in [5.74, 6) is 0.153. The van der Waals surface area contributed by atoms with E-state index < -0.39 is 0 Å². The van der Waals surface area contributed by atoms with Crippen LogP contribution in [0.4, 0.5) is 0 Å². The van der Waals surface area contributed by atoms with Gasteiger partial charge >= 0.3 is 0 Å². The van der Waals surface area contributed by atoms with Gasteiger partial charge in [0.2, 0.25) is 0 Å². The number of aromatic nitrogens is 2. The van der Waals surface area contributed by atoms with Crippen LogP contribution in [-0.2, 0) is 0 Å². The second kappa shape index (κ2) is 5.27. The van der Waals surface area contributed by atoms with Gasteiger partial charge in [-0.05, 0) is 44.7 Å². The molecule has 0 spiro atoms. The van der Waals surface area contributed by atoms with Crippen LogP contribution in [0.15, 0.2) is 24.5 Å². The molecule has 4 nitrogen and oxygen atoms in total. The Labute approximate surface area is 119 Å². The summed E-state index contributed by atoms with van der Waals surface area (Å²) in [6.07, 6.45) is 8.42. The largest absolute Gasteiger partial charge is 0.336 e. The van der Waals surface area contributed by atoms with Gasteiger partial charge in [-0.3, -0.25) is 4.79 Å². The topological polar surface area (TPSA) is 37.6 Å². The Bertz CT molecular complexity index is 632. The number of aryl methyl sites for hydroxylation is 1. The molecule has 106 valence electrons. The lowest BCUT2D eigenvalue weighted by molar-refractivity contribution is 0.0608. The fourth-order valence-electron chi connectivity index (χ4n) is 3.10. The Kier molecular flexibility index (Phi) is 3.47. The van der Waals surface area contributed by atoms with Crippen molar-refractivity contribution in [3.8, 4) is 0 Å². The van der Waals surface area contributed by atoms with E-state index in [1.165, 1.54) is 6.42 Å². The minimum Gasteiger partial charge on any atom is -0.336 e. The highest BCUT2D eigenvalue weighted by Crippen LogP contribution is 2.22. The zero-order valence-corrected chi connectivity index (χ0v) is 12.2. The Morgan fingerprint density at radius 3 is 3.10 bits per heavy atom. The predicted molar refractivity (Wildman–Crippen MR) is 78.9 cm³/mol. The molecule has 2 aromatic rings. The highest BCUT2D eigenvalue weighted by molar-refractivity contribution is 5.95. The lowest BCUT2D eigenvalue weighted by Gasteiger charge is -2.35. The molecule has 1 aliphatic heterocycles. The highest BCUT2D eigenvalue weighted by atomic mass is 16.2. The van der Waals surface area contributed by atoms with Crippen molar-refractivity contribution in [2.75, 3.05) is 6.54 Å². The molecule has 1 amide bonds. The molecule has 3 rings (SSSR count). The van der Waals surface area contributed by atoms with Gasteiger partial charge in [0, 0.05) is 30.5 Å². The maximum absolute atomic E-state index is 12.7. The number of hydrogen-bond acceptors (Lipinski definition) is 2. The highest BCUT2D eigenvalue weighted by Gasteiger charge is 2.26. The molecule has 1 fully saturated rings. The van der Waals surface area contributed by atoms with Gasteiger partial charge in [0.1, 0.15) is 5.65 Å². The number of amides is 1. The van der Waals surface area contributed by atoms with Crippen molar-refractivity contribution >= 4 is 11.6 Å². The fraction of sp³-hybridized carbons (Fsp3) is 0.500. The van der Waals surface area contributed by atoms with E-state index in [1.807, 2.05) is 40.8 Å². The number of piperidine rings is 1. The summed E-state index contributed by atoms with van der Waals surface area (Å²) in [4.78, 5) is 19.2. The van der Waals surface area contributed by atoms with Gasteiger partial charge in [-0.25, -0.2) is 4.98 Å². The quantitative estimate of drug-likeness (QED) is 0.842. The smallest absolute Gasteiger partial charge is 0.254 e. The van der Waals surface area contributed by atoms with Crippen LogP contribution in [-0.4, -0.2) is 32.8 Å². The van der Waals surface area contributed by atoms with Gasteiger partial charge in [-0.15, -0.1) is 0 Å². The third kappa shape index (κ3) is 2.30. The van der Waals surface area contributed by atoms with Gasteiger partial charge in [0.25, 0.3) is 5.91 Å². The van der Waals surface area contributed by atoms with Crippen LogP contribution in [0.2, 0.25) is 0 Å². The van der Waals surface area contributed by atoms with Crippen molar-refractivity contribution in [1.82, 2.24) is 14.3 Å². The number of pyridine rings is 1. The van der Waals surface area contributed by atoms with Crippen molar-refractivity contribution in [3.63, 3.8) is 0 Å². The van der Waals surface area contributed by atoms with Crippen LogP contribution >= 0.6 is 0 Å². The lowest BCUT2D eigenvalue weighted by atomic mass is 9.99. The predicted octanol–water partition coefficient (Wildman–Crippen LogP) is 3.05. The van der Waals surface area contributed by atoms with Gasteiger partial charge in [-0.1, -0.05) is 6.92 Å². The first-order valence-electron chi connectivity index (χ1n) is 7.45. The molecule has 0 N–H and O–H groups in total. The molecule has 1 atom stereocenters. The molecule has 1 aliphatic rings. The standard InChI is InChI=1S/C16H21N3O/c1-3-14-6-4-5-8-19(14)16(20)13-7-9-18-11-12(2)17-15(18)10-13/h7,9-11,14H,3-6,8H2,1-2H3. The van der Waals surface area contributed by atoms with Crippen LogP contribution in [0.5, 0.6) is 0 Å². The van der Waals surface area contributed by atoms with E-state index in [9.17, 15) is 4.79 Å². The van der Waals surface area contributed by atoms with Crippen molar-refractivity contribution in [1.29, 1.82) is 0 Å². The molecular formula is C16H21N3O. The Hall–Kier alpha value is -1.84. The van der Waals surface area contributed by atoms with Gasteiger partial charge in [0.05, 0.1) is 5.69 Å². The SMILES string of the molecule is CCC1CCCCN1C(=O)c1ccn2cc(C)nc2c1. The summed E-state index contributed by atoms with van der Waals surface area (Å²) < 4.78 is 1.96. The van der Waals surface area contributed by atoms with E-state index in [0.717, 1.165) is 42.7 Å². The summed E-state index contributed by atoms with van der Waals surface area (Å²) in [6.45, 7) is 5.01. The fourth-order valence-corrected chi connectivity index (χ4v) is 3.10. The first-order valence-corrected chi connectivity index (χ1v) is 7.45. The Balaban J connectivity index is 1.90. The summed E-state index contributed by atoms with van der Waals surface area (Å²) in [7, 11) is 0. The van der Waals surface area contributed by atoms with E-state index in [0.29, 0.717) is 6.04 Å². The van der Waals surface area contributed by atoms with Crippen LogP contribution < -0.4 is 0 Å². The molecule has 0 aliphatic carbocycles. The molecule has 0 aromatic carbocycles. The first-order chi connectivity index (χ1) is 9.69.